The van der Waals surface area contributed by atoms with Crippen molar-refractivity contribution in [3.8, 4) is 0 Å². The molecule has 2 heterocycles. The maximum atomic E-state index is 12.9. The van der Waals surface area contributed by atoms with Crippen LogP contribution in [0.4, 0.5) is 18.9 Å². The number of hydrogen-bond acceptors (Lipinski definition) is 5. The molecule has 1 N–H and O–H groups in total. The van der Waals surface area contributed by atoms with Crippen LogP contribution in [0.15, 0.2) is 18.2 Å². The Kier molecular flexibility index (Phi) is 6.30. The summed E-state index contributed by atoms with van der Waals surface area (Å²) in [6.45, 7) is 1.32. The number of halogens is 5. The van der Waals surface area contributed by atoms with Gasteiger partial charge in [0.15, 0.2) is 5.69 Å². The summed E-state index contributed by atoms with van der Waals surface area (Å²) in [6.07, 6.45) is -4.79. The largest absolute Gasteiger partial charge is 0.465 e. The quantitative estimate of drug-likeness (QED) is 0.487. The number of nitrogens with zero attached hydrogens (tertiary/aromatic N) is 2. The van der Waals surface area contributed by atoms with E-state index in [-0.39, 0.29) is 28.6 Å². The Morgan fingerprint density at radius 2 is 1.97 bits per heavy atom. The number of carbonyl (C=O) groups is 2. The summed E-state index contributed by atoms with van der Waals surface area (Å²) < 4.78 is 45.1. The molecule has 0 fully saturated rings. The smallest absolute Gasteiger partial charge is 0.436 e. The van der Waals surface area contributed by atoms with Gasteiger partial charge in [0.1, 0.15) is 4.88 Å². The Morgan fingerprint density at radius 1 is 1.27 bits per heavy atom. The number of thiophene rings is 1. The standard InChI is InChI=1S/C18H14Cl2F3N3O3S/c1-8-13(19)16(18(21,22)23)25-26(8)6-5-12(27)24-9-3-4-10-11(7-9)30-15(14(10)20)17(28)29-2/h3-4,7H,5-6H2,1-2H3,(H,24,27). The molecular weight excluding hydrogens is 466 g/mol. The Morgan fingerprint density at radius 3 is 2.57 bits per heavy atom. The third-order valence-electron chi connectivity index (χ3n) is 4.24. The molecule has 0 bridgehead atoms. The first-order valence-electron chi connectivity index (χ1n) is 8.43. The van der Waals surface area contributed by atoms with Crippen LogP contribution in [0.25, 0.3) is 10.1 Å². The van der Waals surface area contributed by atoms with Crippen molar-refractivity contribution in [1.29, 1.82) is 0 Å². The summed E-state index contributed by atoms with van der Waals surface area (Å²) in [6, 6.07) is 4.91. The summed E-state index contributed by atoms with van der Waals surface area (Å²) in [4.78, 5) is 24.2. The summed E-state index contributed by atoms with van der Waals surface area (Å²) in [7, 11) is 1.25. The first kappa shape index (κ1) is 22.4. The van der Waals surface area contributed by atoms with Crippen molar-refractivity contribution in [3.63, 3.8) is 0 Å². The lowest BCUT2D eigenvalue weighted by atomic mass is 10.2. The van der Waals surface area contributed by atoms with Crippen LogP contribution in [-0.4, -0.2) is 28.8 Å². The van der Waals surface area contributed by atoms with E-state index in [0.29, 0.717) is 15.8 Å². The Bertz CT molecular complexity index is 1140. The highest BCUT2D eigenvalue weighted by molar-refractivity contribution is 7.21. The maximum Gasteiger partial charge on any atom is 0.436 e. The van der Waals surface area contributed by atoms with Gasteiger partial charge < -0.3 is 10.1 Å². The lowest BCUT2D eigenvalue weighted by molar-refractivity contribution is -0.141. The predicted octanol–water partition coefficient (Wildman–Crippen LogP) is 5.55. The highest BCUT2D eigenvalue weighted by atomic mass is 35.5. The molecule has 0 spiro atoms. The van der Waals surface area contributed by atoms with E-state index < -0.39 is 28.8 Å². The minimum absolute atomic E-state index is 0.0764. The fourth-order valence-electron chi connectivity index (χ4n) is 2.72. The molecular formula is C18H14Cl2F3N3O3S. The summed E-state index contributed by atoms with van der Waals surface area (Å²) in [5.74, 6) is -0.983. The van der Waals surface area contributed by atoms with Crippen LogP contribution in [0.1, 0.15) is 27.5 Å². The number of alkyl halides is 3. The summed E-state index contributed by atoms with van der Waals surface area (Å²) in [5.41, 5.74) is -0.599. The lowest BCUT2D eigenvalue weighted by Crippen LogP contribution is -2.16. The fraction of sp³-hybridized carbons (Fsp3) is 0.278. The molecule has 12 heteroatoms. The molecule has 1 aromatic carbocycles. The molecule has 2 aromatic heterocycles. The van der Waals surface area contributed by atoms with Gasteiger partial charge in [0.05, 0.1) is 29.4 Å². The zero-order valence-electron chi connectivity index (χ0n) is 15.6. The highest BCUT2D eigenvalue weighted by Crippen LogP contribution is 2.37. The number of anilines is 1. The number of aromatic nitrogens is 2. The number of benzene rings is 1. The van der Waals surface area contributed by atoms with Gasteiger partial charge in [0.25, 0.3) is 0 Å². The van der Waals surface area contributed by atoms with E-state index in [9.17, 15) is 22.8 Å². The van der Waals surface area contributed by atoms with Crippen molar-refractivity contribution >= 4 is 62.2 Å². The summed E-state index contributed by atoms with van der Waals surface area (Å²) >= 11 is 13.0. The van der Waals surface area contributed by atoms with Crippen LogP contribution in [0.3, 0.4) is 0 Å². The average molecular weight is 480 g/mol. The maximum absolute atomic E-state index is 12.9. The number of nitrogens with one attached hydrogen (secondary N) is 1. The highest BCUT2D eigenvalue weighted by Gasteiger charge is 2.38. The molecule has 30 heavy (non-hydrogen) atoms. The van der Waals surface area contributed by atoms with Gasteiger partial charge in [-0.2, -0.15) is 18.3 Å². The number of aryl methyl sites for hydroxylation is 1. The fourth-order valence-corrected chi connectivity index (χ4v) is 4.43. The van der Waals surface area contributed by atoms with Crippen LogP contribution in [0.5, 0.6) is 0 Å². The number of esters is 1. The molecule has 6 nitrogen and oxygen atoms in total. The normalized spacial score (nSPS) is 11.7. The molecule has 0 saturated heterocycles. The third-order valence-corrected chi connectivity index (χ3v) is 6.33. The van der Waals surface area contributed by atoms with Crippen LogP contribution in [0, 0.1) is 6.92 Å². The van der Waals surface area contributed by atoms with Crippen molar-refractivity contribution in [2.24, 2.45) is 0 Å². The van der Waals surface area contributed by atoms with Gasteiger partial charge in [-0.25, -0.2) is 4.79 Å². The van der Waals surface area contributed by atoms with Gasteiger partial charge in [0.2, 0.25) is 5.91 Å². The zero-order valence-corrected chi connectivity index (χ0v) is 17.9. The van der Waals surface area contributed by atoms with Crippen LogP contribution < -0.4 is 5.32 Å². The SMILES string of the molecule is COC(=O)c1sc2cc(NC(=O)CCn3nc(C(F)(F)F)c(Cl)c3C)ccc2c1Cl. The Balaban J connectivity index is 1.71. The van der Waals surface area contributed by atoms with Crippen molar-refractivity contribution in [2.75, 3.05) is 12.4 Å². The van der Waals surface area contributed by atoms with Gasteiger partial charge in [-0.05, 0) is 25.1 Å². The van der Waals surface area contributed by atoms with Gasteiger partial charge in [-0.3, -0.25) is 9.48 Å². The van der Waals surface area contributed by atoms with Gasteiger partial charge in [-0.1, -0.05) is 23.2 Å². The van der Waals surface area contributed by atoms with E-state index >= 15 is 0 Å². The number of carbonyl (C=O) groups excluding carboxylic acids is 2. The second-order valence-electron chi connectivity index (χ2n) is 6.21. The number of ether oxygens (including phenoxy) is 1. The van der Waals surface area contributed by atoms with Crippen molar-refractivity contribution in [1.82, 2.24) is 9.78 Å². The lowest BCUT2D eigenvalue weighted by Gasteiger charge is -2.07. The molecule has 0 aliphatic heterocycles. The minimum Gasteiger partial charge on any atom is -0.465 e. The van der Waals surface area contributed by atoms with Crippen LogP contribution >= 0.6 is 34.5 Å². The number of amides is 1. The molecule has 3 rings (SSSR count). The first-order chi connectivity index (χ1) is 14.0. The van der Waals surface area contributed by atoms with E-state index in [1.54, 1.807) is 18.2 Å². The molecule has 0 aliphatic rings. The van der Waals surface area contributed by atoms with Crippen molar-refractivity contribution in [2.45, 2.75) is 26.1 Å². The first-order valence-corrected chi connectivity index (χ1v) is 10.0. The molecule has 3 aromatic rings. The van der Waals surface area contributed by atoms with E-state index in [1.165, 1.54) is 14.0 Å². The van der Waals surface area contributed by atoms with Crippen molar-refractivity contribution < 1.29 is 27.5 Å². The number of rotatable bonds is 5. The van der Waals surface area contributed by atoms with E-state index in [1.807, 2.05) is 0 Å². The molecule has 0 radical (unpaired) electrons. The molecule has 0 atom stereocenters. The Hall–Kier alpha value is -2.30. The minimum atomic E-state index is -4.67. The number of hydrogen-bond donors (Lipinski definition) is 1. The molecule has 1 amide bonds. The summed E-state index contributed by atoms with van der Waals surface area (Å²) in [5, 5.41) is 6.55. The predicted molar refractivity (Wildman–Crippen MR) is 108 cm³/mol. The van der Waals surface area contributed by atoms with Gasteiger partial charge >= 0.3 is 12.1 Å². The third kappa shape index (κ3) is 4.40. The van der Waals surface area contributed by atoms with Gasteiger partial charge in [-0.15, -0.1) is 11.3 Å². The van der Waals surface area contributed by atoms with Crippen molar-refractivity contribution in [3.05, 3.63) is 44.5 Å². The average Bonchev–Trinajstić information content (AvgIpc) is 3.16. The van der Waals surface area contributed by atoms with Gasteiger partial charge in [0, 0.05) is 22.2 Å². The topological polar surface area (TPSA) is 73.2 Å². The second-order valence-corrected chi connectivity index (χ2v) is 8.02. The van der Waals surface area contributed by atoms with E-state index in [4.69, 9.17) is 23.2 Å². The molecule has 160 valence electrons. The molecule has 0 saturated carbocycles. The number of methoxy groups -OCH3 is 1. The molecule has 0 unspecified atom stereocenters. The van der Waals surface area contributed by atoms with Crippen LogP contribution in [0.2, 0.25) is 10.0 Å². The van der Waals surface area contributed by atoms with Crippen LogP contribution in [-0.2, 0) is 22.3 Å². The molecule has 0 aliphatic carbocycles. The second kappa shape index (κ2) is 8.44. The monoisotopic (exact) mass is 479 g/mol. The van der Waals surface area contributed by atoms with E-state index in [0.717, 1.165) is 16.0 Å². The number of fused-ring (bicyclic) bond motifs is 1. The zero-order chi connectivity index (χ0) is 22.2. The van der Waals surface area contributed by atoms with E-state index in [2.05, 4.69) is 15.2 Å². The Labute approximate surface area is 182 Å².